The van der Waals surface area contributed by atoms with E-state index in [1.165, 1.54) is 28.3 Å². The summed E-state index contributed by atoms with van der Waals surface area (Å²) in [5, 5.41) is 2.65. The molecule has 1 saturated carbocycles. The zero-order chi connectivity index (χ0) is 13.0. The van der Waals surface area contributed by atoms with E-state index in [0.29, 0.717) is 5.41 Å². The number of hydrogen-bond acceptors (Lipinski definition) is 1. The molecule has 2 N–H and O–H groups in total. The molecule has 1 atom stereocenters. The fourth-order valence-electron chi connectivity index (χ4n) is 3.33. The van der Waals surface area contributed by atoms with E-state index in [4.69, 9.17) is 5.73 Å². The maximum absolute atomic E-state index is 6.04. The van der Waals surface area contributed by atoms with Crippen LogP contribution in [-0.2, 0) is 5.41 Å². The van der Waals surface area contributed by atoms with Crippen molar-refractivity contribution in [2.24, 2.45) is 11.1 Å². The van der Waals surface area contributed by atoms with Crippen molar-refractivity contribution < 1.29 is 0 Å². The van der Waals surface area contributed by atoms with Gasteiger partial charge in [0, 0.05) is 12.0 Å². The Kier molecular flexibility index (Phi) is 2.33. The molecular weight excluding hydrogens is 218 g/mol. The molecule has 0 amide bonds. The van der Waals surface area contributed by atoms with Crippen LogP contribution in [0.3, 0.4) is 0 Å². The summed E-state index contributed by atoms with van der Waals surface area (Å²) in [5.41, 5.74) is 9.32. The van der Waals surface area contributed by atoms with E-state index in [0.717, 1.165) is 6.54 Å². The molecule has 1 fully saturated rings. The van der Waals surface area contributed by atoms with Crippen molar-refractivity contribution in [3.05, 3.63) is 47.5 Å². The molecule has 0 radical (unpaired) electrons. The van der Waals surface area contributed by atoms with Gasteiger partial charge in [-0.15, -0.1) is 0 Å². The van der Waals surface area contributed by atoms with Gasteiger partial charge in [0.15, 0.2) is 0 Å². The fraction of sp³-hybridized carbons (Fsp3) is 0.412. The Balaban J connectivity index is 2.12. The lowest BCUT2D eigenvalue weighted by molar-refractivity contribution is 0.503. The standard InChI is InChI=1S/C17H21N/c1-12-4-5-14-9-15(7-6-13(14)8-12)17(11-18)10-16(17,2)3/h4-9H,10-11,18H2,1-3H3. The van der Waals surface area contributed by atoms with E-state index in [1.54, 1.807) is 0 Å². The van der Waals surface area contributed by atoms with Crippen LogP contribution in [0.4, 0.5) is 0 Å². The topological polar surface area (TPSA) is 26.0 Å². The van der Waals surface area contributed by atoms with Crippen LogP contribution >= 0.6 is 0 Å². The van der Waals surface area contributed by atoms with Crippen LogP contribution in [0.5, 0.6) is 0 Å². The number of nitrogens with two attached hydrogens (primary N) is 1. The highest BCUT2D eigenvalue weighted by atomic mass is 14.7. The molecule has 1 nitrogen and oxygen atoms in total. The van der Waals surface area contributed by atoms with Gasteiger partial charge in [0.25, 0.3) is 0 Å². The van der Waals surface area contributed by atoms with Gasteiger partial charge in [-0.1, -0.05) is 55.8 Å². The Morgan fingerprint density at radius 3 is 2.28 bits per heavy atom. The summed E-state index contributed by atoms with van der Waals surface area (Å²) >= 11 is 0. The molecule has 0 spiro atoms. The van der Waals surface area contributed by atoms with Crippen molar-refractivity contribution in [1.82, 2.24) is 0 Å². The molecule has 0 bridgehead atoms. The first-order valence-corrected chi connectivity index (χ1v) is 6.69. The summed E-state index contributed by atoms with van der Waals surface area (Å²) < 4.78 is 0. The highest BCUT2D eigenvalue weighted by Crippen LogP contribution is 2.63. The van der Waals surface area contributed by atoms with Crippen LogP contribution in [0.15, 0.2) is 36.4 Å². The van der Waals surface area contributed by atoms with Gasteiger partial charge in [-0.2, -0.15) is 0 Å². The maximum Gasteiger partial charge on any atom is 0.0132 e. The highest BCUT2D eigenvalue weighted by Gasteiger charge is 2.60. The maximum atomic E-state index is 6.04. The van der Waals surface area contributed by atoms with Gasteiger partial charge < -0.3 is 5.73 Å². The van der Waals surface area contributed by atoms with Crippen molar-refractivity contribution in [1.29, 1.82) is 0 Å². The Bertz CT molecular complexity index is 612. The summed E-state index contributed by atoms with van der Waals surface area (Å²) in [6, 6.07) is 13.5. The predicted octanol–water partition coefficient (Wildman–Crippen LogP) is 3.77. The lowest BCUT2D eigenvalue weighted by atomic mass is 9.87. The fourth-order valence-corrected chi connectivity index (χ4v) is 3.33. The third-order valence-corrected chi connectivity index (χ3v) is 4.81. The SMILES string of the molecule is Cc1ccc2cc(C3(CN)CC3(C)C)ccc2c1. The Hall–Kier alpha value is -1.34. The molecule has 94 valence electrons. The molecule has 0 saturated heterocycles. The summed E-state index contributed by atoms with van der Waals surface area (Å²) in [5.74, 6) is 0. The highest BCUT2D eigenvalue weighted by molar-refractivity contribution is 5.84. The number of aryl methyl sites for hydroxylation is 1. The van der Waals surface area contributed by atoms with Crippen molar-refractivity contribution in [3.63, 3.8) is 0 Å². The van der Waals surface area contributed by atoms with Gasteiger partial charge in [0.1, 0.15) is 0 Å². The quantitative estimate of drug-likeness (QED) is 0.848. The average Bonchev–Trinajstić information content (AvgIpc) is 2.92. The van der Waals surface area contributed by atoms with Gasteiger partial charge in [-0.25, -0.2) is 0 Å². The van der Waals surface area contributed by atoms with E-state index in [-0.39, 0.29) is 5.41 Å². The second kappa shape index (κ2) is 3.58. The zero-order valence-electron chi connectivity index (χ0n) is 11.5. The Morgan fingerprint density at radius 2 is 1.67 bits per heavy atom. The van der Waals surface area contributed by atoms with E-state index < -0.39 is 0 Å². The number of benzene rings is 2. The molecule has 0 aromatic heterocycles. The lowest BCUT2D eigenvalue weighted by Crippen LogP contribution is -2.25. The Morgan fingerprint density at radius 1 is 1.06 bits per heavy atom. The van der Waals surface area contributed by atoms with Crippen LogP contribution in [0.1, 0.15) is 31.4 Å². The Labute approximate surface area is 109 Å². The van der Waals surface area contributed by atoms with Gasteiger partial charge in [-0.3, -0.25) is 0 Å². The average molecular weight is 239 g/mol. The van der Waals surface area contributed by atoms with Gasteiger partial charge in [0.05, 0.1) is 0 Å². The first kappa shape index (κ1) is 11.7. The number of rotatable bonds is 2. The largest absolute Gasteiger partial charge is 0.330 e. The third kappa shape index (κ3) is 1.50. The summed E-state index contributed by atoms with van der Waals surface area (Å²) in [6.07, 6.45) is 1.20. The van der Waals surface area contributed by atoms with Gasteiger partial charge in [0.2, 0.25) is 0 Å². The van der Waals surface area contributed by atoms with Crippen LogP contribution in [-0.4, -0.2) is 6.54 Å². The van der Waals surface area contributed by atoms with Crippen molar-refractivity contribution in [2.75, 3.05) is 6.54 Å². The van der Waals surface area contributed by atoms with Crippen LogP contribution < -0.4 is 5.73 Å². The minimum Gasteiger partial charge on any atom is -0.330 e. The van der Waals surface area contributed by atoms with E-state index >= 15 is 0 Å². The van der Waals surface area contributed by atoms with Crippen LogP contribution in [0.2, 0.25) is 0 Å². The summed E-state index contributed by atoms with van der Waals surface area (Å²) in [7, 11) is 0. The van der Waals surface area contributed by atoms with E-state index in [1.807, 2.05) is 0 Å². The van der Waals surface area contributed by atoms with Crippen molar-refractivity contribution >= 4 is 10.8 Å². The second-order valence-corrected chi connectivity index (χ2v) is 6.41. The molecule has 3 rings (SSSR count). The van der Waals surface area contributed by atoms with Gasteiger partial charge in [-0.05, 0) is 35.1 Å². The first-order chi connectivity index (χ1) is 8.48. The summed E-state index contributed by atoms with van der Waals surface area (Å²) in [4.78, 5) is 0. The number of fused-ring (bicyclic) bond motifs is 1. The van der Waals surface area contributed by atoms with E-state index in [2.05, 4.69) is 57.2 Å². The molecule has 1 aliphatic rings. The second-order valence-electron chi connectivity index (χ2n) is 6.41. The molecule has 2 aromatic carbocycles. The van der Waals surface area contributed by atoms with Crippen LogP contribution in [0.25, 0.3) is 10.8 Å². The van der Waals surface area contributed by atoms with Crippen molar-refractivity contribution in [2.45, 2.75) is 32.6 Å². The molecule has 0 heterocycles. The summed E-state index contributed by atoms with van der Waals surface area (Å²) in [6.45, 7) is 7.52. The van der Waals surface area contributed by atoms with Crippen molar-refractivity contribution in [3.8, 4) is 0 Å². The monoisotopic (exact) mass is 239 g/mol. The molecule has 2 aromatic rings. The molecular formula is C17H21N. The smallest absolute Gasteiger partial charge is 0.0132 e. The predicted molar refractivity (Wildman–Crippen MR) is 77.8 cm³/mol. The molecule has 1 unspecified atom stereocenters. The normalized spacial score (nSPS) is 25.3. The van der Waals surface area contributed by atoms with Gasteiger partial charge >= 0.3 is 0 Å². The third-order valence-electron chi connectivity index (χ3n) is 4.81. The minimum absolute atomic E-state index is 0.200. The minimum atomic E-state index is 0.200. The lowest BCUT2D eigenvalue weighted by Gasteiger charge is -2.19. The van der Waals surface area contributed by atoms with Crippen LogP contribution in [0, 0.1) is 12.3 Å². The van der Waals surface area contributed by atoms with E-state index in [9.17, 15) is 0 Å². The molecule has 0 aliphatic heterocycles. The number of hydrogen-bond donors (Lipinski definition) is 1. The molecule has 1 aliphatic carbocycles. The molecule has 18 heavy (non-hydrogen) atoms. The molecule has 1 heteroatoms. The zero-order valence-corrected chi connectivity index (χ0v) is 11.5. The first-order valence-electron chi connectivity index (χ1n) is 6.69.